The van der Waals surface area contributed by atoms with E-state index in [4.69, 9.17) is 0 Å². The van der Waals surface area contributed by atoms with E-state index in [1.165, 1.54) is 5.56 Å². The zero-order chi connectivity index (χ0) is 14.8. The molecule has 0 atom stereocenters. The molecule has 0 fully saturated rings. The number of nitrogens with one attached hydrogen (secondary N) is 1. The molecule has 2 heterocycles. The summed E-state index contributed by atoms with van der Waals surface area (Å²) in [5.74, 6) is 0.585. The Morgan fingerprint density at radius 2 is 2.00 bits per heavy atom. The van der Waals surface area contributed by atoms with Crippen molar-refractivity contribution in [3.8, 4) is 11.3 Å². The minimum atomic E-state index is 0.585. The summed E-state index contributed by atoms with van der Waals surface area (Å²) in [5.41, 5.74) is 5.02. The van der Waals surface area contributed by atoms with Gasteiger partial charge in [0.2, 0.25) is 5.95 Å². The molecular weight excluding hydrogens is 262 g/mol. The van der Waals surface area contributed by atoms with Gasteiger partial charge in [0, 0.05) is 30.7 Å². The molecule has 0 bridgehead atoms. The second kappa shape index (κ2) is 5.36. The van der Waals surface area contributed by atoms with Crippen LogP contribution in [0.3, 0.4) is 0 Å². The lowest BCUT2D eigenvalue weighted by Crippen LogP contribution is -1.98. The maximum absolute atomic E-state index is 4.57. The SMILES string of the molecule is Cc1cccc(Nc2nccc(-c3cn(C)nc3C)n2)c1. The van der Waals surface area contributed by atoms with Crippen molar-refractivity contribution in [2.75, 3.05) is 5.32 Å². The van der Waals surface area contributed by atoms with Crippen molar-refractivity contribution >= 4 is 11.6 Å². The fraction of sp³-hybridized carbons (Fsp3) is 0.188. The summed E-state index contributed by atoms with van der Waals surface area (Å²) in [6, 6.07) is 10.0. The largest absolute Gasteiger partial charge is 0.324 e. The number of aryl methyl sites for hydroxylation is 3. The molecule has 0 aliphatic rings. The first-order chi connectivity index (χ1) is 10.1. The van der Waals surface area contributed by atoms with Gasteiger partial charge in [0.15, 0.2) is 0 Å². The van der Waals surface area contributed by atoms with Crippen LogP contribution in [0.25, 0.3) is 11.3 Å². The van der Waals surface area contributed by atoms with Gasteiger partial charge < -0.3 is 5.32 Å². The van der Waals surface area contributed by atoms with Crippen LogP contribution in [-0.2, 0) is 7.05 Å². The zero-order valence-electron chi connectivity index (χ0n) is 12.3. The lowest BCUT2D eigenvalue weighted by atomic mass is 10.2. The Hall–Kier alpha value is -2.69. The summed E-state index contributed by atoms with van der Waals surface area (Å²) < 4.78 is 1.79. The van der Waals surface area contributed by atoms with Crippen molar-refractivity contribution in [3.05, 3.63) is 54.0 Å². The van der Waals surface area contributed by atoms with E-state index < -0.39 is 0 Å². The van der Waals surface area contributed by atoms with Crippen LogP contribution in [0.2, 0.25) is 0 Å². The predicted octanol–water partition coefficient (Wildman–Crippen LogP) is 3.24. The van der Waals surface area contributed by atoms with Crippen molar-refractivity contribution < 1.29 is 0 Å². The van der Waals surface area contributed by atoms with Gasteiger partial charge in [-0.05, 0) is 37.6 Å². The van der Waals surface area contributed by atoms with E-state index in [1.807, 2.05) is 38.4 Å². The fourth-order valence-corrected chi connectivity index (χ4v) is 2.27. The number of hydrogen-bond acceptors (Lipinski definition) is 4. The molecule has 5 nitrogen and oxygen atoms in total. The molecule has 0 saturated heterocycles. The molecule has 0 spiro atoms. The summed E-state index contributed by atoms with van der Waals surface area (Å²) in [4.78, 5) is 8.84. The maximum Gasteiger partial charge on any atom is 0.227 e. The Balaban J connectivity index is 1.92. The second-order valence-electron chi connectivity index (χ2n) is 5.06. The highest BCUT2D eigenvalue weighted by Crippen LogP contribution is 2.22. The van der Waals surface area contributed by atoms with Gasteiger partial charge in [-0.1, -0.05) is 12.1 Å². The third-order valence-corrected chi connectivity index (χ3v) is 3.22. The van der Waals surface area contributed by atoms with Crippen LogP contribution in [-0.4, -0.2) is 19.7 Å². The average Bonchev–Trinajstić information content (AvgIpc) is 2.78. The van der Waals surface area contributed by atoms with Crippen molar-refractivity contribution in [1.29, 1.82) is 0 Å². The third-order valence-electron chi connectivity index (χ3n) is 3.22. The topological polar surface area (TPSA) is 55.6 Å². The van der Waals surface area contributed by atoms with Gasteiger partial charge in [0.1, 0.15) is 0 Å². The van der Waals surface area contributed by atoms with Crippen molar-refractivity contribution in [1.82, 2.24) is 19.7 Å². The van der Waals surface area contributed by atoms with Crippen molar-refractivity contribution in [2.45, 2.75) is 13.8 Å². The molecule has 0 amide bonds. The lowest BCUT2D eigenvalue weighted by Gasteiger charge is -2.06. The standard InChI is InChI=1S/C16H17N5/c1-11-5-4-6-13(9-11)18-16-17-8-7-15(19-16)14-10-21(3)20-12(14)2/h4-10H,1-3H3,(H,17,18,19). The number of hydrogen-bond donors (Lipinski definition) is 1. The molecule has 3 rings (SSSR count). The Labute approximate surface area is 123 Å². The minimum Gasteiger partial charge on any atom is -0.324 e. The summed E-state index contributed by atoms with van der Waals surface area (Å²) in [6.07, 6.45) is 3.72. The van der Waals surface area contributed by atoms with Crippen LogP contribution in [0.4, 0.5) is 11.6 Å². The van der Waals surface area contributed by atoms with E-state index in [1.54, 1.807) is 10.9 Å². The van der Waals surface area contributed by atoms with Gasteiger partial charge in [0.25, 0.3) is 0 Å². The number of anilines is 2. The van der Waals surface area contributed by atoms with E-state index in [9.17, 15) is 0 Å². The molecule has 2 aromatic heterocycles. The van der Waals surface area contributed by atoms with Gasteiger partial charge in [-0.3, -0.25) is 4.68 Å². The molecule has 106 valence electrons. The van der Waals surface area contributed by atoms with E-state index in [0.29, 0.717) is 5.95 Å². The normalized spacial score (nSPS) is 10.6. The molecule has 1 aromatic carbocycles. The number of nitrogens with zero attached hydrogens (tertiary/aromatic N) is 4. The highest BCUT2D eigenvalue weighted by Gasteiger charge is 2.08. The molecule has 0 saturated carbocycles. The fourth-order valence-electron chi connectivity index (χ4n) is 2.27. The number of aromatic nitrogens is 4. The third kappa shape index (κ3) is 2.91. The van der Waals surface area contributed by atoms with E-state index in [0.717, 1.165) is 22.6 Å². The van der Waals surface area contributed by atoms with Gasteiger partial charge in [-0.15, -0.1) is 0 Å². The van der Waals surface area contributed by atoms with Crippen LogP contribution in [0.5, 0.6) is 0 Å². The summed E-state index contributed by atoms with van der Waals surface area (Å²) in [6.45, 7) is 4.03. The van der Waals surface area contributed by atoms with Gasteiger partial charge in [-0.2, -0.15) is 5.10 Å². The van der Waals surface area contributed by atoms with Crippen LogP contribution >= 0.6 is 0 Å². The number of rotatable bonds is 3. The minimum absolute atomic E-state index is 0.585. The van der Waals surface area contributed by atoms with Crippen molar-refractivity contribution in [2.24, 2.45) is 7.05 Å². The Morgan fingerprint density at radius 3 is 2.71 bits per heavy atom. The molecule has 21 heavy (non-hydrogen) atoms. The maximum atomic E-state index is 4.57. The first-order valence-electron chi connectivity index (χ1n) is 6.79. The van der Waals surface area contributed by atoms with Gasteiger partial charge >= 0.3 is 0 Å². The monoisotopic (exact) mass is 279 g/mol. The molecule has 0 aliphatic carbocycles. The predicted molar refractivity (Wildman–Crippen MR) is 83.4 cm³/mol. The van der Waals surface area contributed by atoms with Gasteiger partial charge in [-0.25, -0.2) is 9.97 Å². The molecule has 1 N–H and O–H groups in total. The Kier molecular flexibility index (Phi) is 3.39. The first-order valence-corrected chi connectivity index (χ1v) is 6.79. The summed E-state index contributed by atoms with van der Waals surface area (Å²) >= 11 is 0. The molecule has 3 aromatic rings. The first kappa shape index (κ1) is 13.3. The highest BCUT2D eigenvalue weighted by molar-refractivity contribution is 5.63. The molecule has 5 heteroatoms. The van der Waals surface area contributed by atoms with E-state index in [-0.39, 0.29) is 0 Å². The number of benzene rings is 1. The summed E-state index contributed by atoms with van der Waals surface area (Å²) in [5, 5.41) is 7.58. The van der Waals surface area contributed by atoms with E-state index in [2.05, 4.69) is 39.4 Å². The van der Waals surface area contributed by atoms with Gasteiger partial charge in [0.05, 0.1) is 11.4 Å². The van der Waals surface area contributed by atoms with Crippen LogP contribution < -0.4 is 5.32 Å². The van der Waals surface area contributed by atoms with Crippen LogP contribution in [0, 0.1) is 13.8 Å². The van der Waals surface area contributed by atoms with Crippen molar-refractivity contribution in [3.63, 3.8) is 0 Å². The molecule has 0 unspecified atom stereocenters. The summed E-state index contributed by atoms with van der Waals surface area (Å²) in [7, 11) is 1.91. The lowest BCUT2D eigenvalue weighted by molar-refractivity contribution is 0.756. The Bertz CT molecular complexity index is 776. The molecule has 0 aliphatic heterocycles. The Morgan fingerprint density at radius 1 is 1.14 bits per heavy atom. The smallest absolute Gasteiger partial charge is 0.227 e. The van der Waals surface area contributed by atoms with E-state index >= 15 is 0 Å². The zero-order valence-corrected chi connectivity index (χ0v) is 12.3. The van der Waals surface area contributed by atoms with Crippen LogP contribution in [0.1, 0.15) is 11.3 Å². The molecular formula is C16H17N5. The molecule has 0 radical (unpaired) electrons. The average molecular weight is 279 g/mol. The second-order valence-corrected chi connectivity index (χ2v) is 5.06. The highest BCUT2D eigenvalue weighted by atomic mass is 15.3. The quantitative estimate of drug-likeness (QED) is 0.799. The van der Waals surface area contributed by atoms with Crippen LogP contribution in [0.15, 0.2) is 42.7 Å².